The number of aromatic nitrogens is 4. The highest BCUT2D eigenvalue weighted by molar-refractivity contribution is 5.94. The summed E-state index contributed by atoms with van der Waals surface area (Å²) in [7, 11) is 1.49. The molecule has 0 saturated heterocycles. The number of aromatic hydroxyl groups is 1. The third-order valence-corrected chi connectivity index (χ3v) is 3.98. The monoisotopic (exact) mass is 337 g/mol. The van der Waals surface area contributed by atoms with E-state index in [2.05, 4.69) is 20.4 Å². The maximum absolute atomic E-state index is 11.9. The Balaban J connectivity index is 1.73. The van der Waals surface area contributed by atoms with Crippen LogP contribution in [0, 0.1) is 0 Å². The van der Waals surface area contributed by atoms with Gasteiger partial charge in [-0.3, -0.25) is 9.48 Å². The molecule has 0 atom stereocenters. The molecule has 0 aliphatic carbocycles. The molecule has 0 fully saturated rings. The number of carbonyl (C=O) groups is 1. The second kappa shape index (κ2) is 5.90. The van der Waals surface area contributed by atoms with Crippen LogP contribution in [0.5, 0.6) is 11.5 Å². The molecule has 3 heterocycles. The average Bonchev–Trinajstić information content (AvgIpc) is 3.07. The van der Waals surface area contributed by atoms with Crippen molar-refractivity contribution >= 4 is 5.91 Å². The number of ether oxygens (including phenoxy) is 1. The van der Waals surface area contributed by atoms with Crippen LogP contribution in [0.25, 0.3) is 22.8 Å². The number of amides is 1. The fraction of sp³-hybridized carbons (Fsp3) is 0.176. The van der Waals surface area contributed by atoms with Crippen molar-refractivity contribution in [1.29, 1.82) is 0 Å². The number of fused-ring (bicyclic) bond motifs is 1. The van der Waals surface area contributed by atoms with Crippen LogP contribution in [0.3, 0.4) is 0 Å². The van der Waals surface area contributed by atoms with Crippen molar-refractivity contribution in [2.45, 2.75) is 6.54 Å². The fourth-order valence-electron chi connectivity index (χ4n) is 2.73. The van der Waals surface area contributed by atoms with Crippen LogP contribution < -0.4 is 10.1 Å². The summed E-state index contributed by atoms with van der Waals surface area (Å²) in [6.07, 6.45) is 1.62. The molecule has 1 aliphatic heterocycles. The Labute approximate surface area is 143 Å². The number of hydrogen-bond donors (Lipinski definition) is 2. The van der Waals surface area contributed by atoms with Crippen molar-refractivity contribution in [2.24, 2.45) is 0 Å². The average molecular weight is 337 g/mol. The van der Waals surface area contributed by atoms with Crippen LogP contribution in [0.4, 0.5) is 0 Å². The Morgan fingerprint density at radius 3 is 2.88 bits per heavy atom. The summed E-state index contributed by atoms with van der Waals surface area (Å²) in [5, 5.41) is 17.2. The van der Waals surface area contributed by atoms with Gasteiger partial charge in [0.05, 0.1) is 19.3 Å². The van der Waals surface area contributed by atoms with E-state index in [0.717, 1.165) is 0 Å². The maximum Gasteiger partial charge on any atom is 0.269 e. The molecule has 0 bridgehead atoms. The Kier molecular flexibility index (Phi) is 3.57. The molecule has 2 aromatic heterocycles. The fourth-order valence-corrected chi connectivity index (χ4v) is 2.73. The summed E-state index contributed by atoms with van der Waals surface area (Å²) in [5.41, 5.74) is 2.38. The van der Waals surface area contributed by atoms with Crippen LogP contribution in [0.2, 0.25) is 0 Å². The van der Waals surface area contributed by atoms with Gasteiger partial charge in [0.25, 0.3) is 5.91 Å². The lowest BCUT2D eigenvalue weighted by atomic mass is 10.1. The minimum Gasteiger partial charge on any atom is -0.504 e. The molecule has 8 heteroatoms. The molecule has 1 aliphatic rings. The van der Waals surface area contributed by atoms with Crippen molar-refractivity contribution in [3.8, 4) is 34.3 Å². The molecule has 1 aromatic carbocycles. The van der Waals surface area contributed by atoms with Crippen LogP contribution in [-0.4, -0.2) is 44.4 Å². The van der Waals surface area contributed by atoms with Crippen LogP contribution >= 0.6 is 0 Å². The molecule has 1 amide bonds. The van der Waals surface area contributed by atoms with E-state index in [0.29, 0.717) is 47.3 Å². The van der Waals surface area contributed by atoms with E-state index in [-0.39, 0.29) is 11.7 Å². The van der Waals surface area contributed by atoms with Gasteiger partial charge >= 0.3 is 0 Å². The molecule has 4 rings (SSSR count). The van der Waals surface area contributed by atoms with Gasteiger partial charge in [-0.05, 0) is 30.3 Å². The van der Waals surface area contributed by atoms with Crippen molar-refractivity contribution in [3.63, 3.8) is 0 Å². The normalized spacial score (nSPS) is 13.2. The van der Waals surface area contributed by atoms with E-state index in [1.54, 1.807) is 41.2 Å². The number of phenolic OH excluding ortho intramolecular Hbond substituents is 1. The summed E-state index contributed by atoms with van der Waals surface area (Å²) >= 11 is 0. The third kappa shape index (κ3) is 2.67. The topological polar surface area (TPSA) is 102 Å². The number of rotatable bonds is 3. The van der Waals surface area contributed by atoms with E-state index >= 15 is 0 Å². The maximum atomic E-state index is 11.9. The SMILES string of the molecule is COc1ccc(-c2nccc(-c3cc4n(n3)CCNC4=O)n2)cc1O. The van der Waals surface area contributed by atoms with E-state index in [9.17, 15) is 9.90 Å². The summed E-state index contributed by atoms with van der Waals surface area (Å²) < 4.78 is 6.72. The molecule has 126 valence electrons. The van der Waals surface area contributed by atoms with Crippen molar-refractivity contribution in [3.05, 3.63) is 42.2 Å². The second-order valence-electron chi connectivity index (χ2n) is 5.55. The van der Waals surface area contributed by atoms with Gasteiger partial charge in [0.1, 0.15) is 11.4 Å². The largest absolute Gasteiger partial charge is 0.504 e. The molecule has 0 saturated carbocycles. The lowest BCUT2D eigenvalue weighted by Crippen LogP contribution is -2.35. The Hall–Kier alpha value is -3.42. The number of phenols is 1. The van der Waals surface area contributed by atoms with E-state index in [1.807, 2.05) is 0 Å². The predicted octanol–water partition coefficient (Wildman–Crippen LogP) is 1.46. The summed E-state index contributed by atoms with van der Waals surface area (Å²) in [5.74, 6) is 0.709. The number of methoxy groups -OCH3 is 1. The first-order valence-corrected chi connectivity index (χ1v) is 7.72. The smallest absolute Gasteiger partial charge is 0.269 e. The molecule has 0 radical (unpaired) electrons. The van der Waals surface area contributed by atoms with Gasteiger partial charge in [0, 0.05) is 18.3 Å². The van der Waals surface area contributed by atoms with Crippen molar-refractivity contribution < 1.29 is 14.6 Å². The van der Waals surface area contributed by atoms with Gasteiger partial charge in [0.2, 0.25) is 0 Å². The number of carbonyl (C=O) groups excluding carboxylic acids is 1. The minimum absolute atomic E-state index is 0.0168. The minimum atomic E-state index is -0.139. The highest BCUT2D eigenvalue weighted by atomic mass is 16.5. The zero-order valence-electron chi connectivity index (χ0n) is 13.4. The molecular formula is C17H15N5O3. The molecule has 8 nitrogen and oxygen atoms in total. The van der Waals surface area contributed by atoms with Gasteiger partial charge in [-0.15, -0.1) is 0 Å². The van der Waals surface area contributed by atoms with Crippen molar-refractivity contribution in [1.82, 2.24) is 25.1 Å². The molecule has 25 heavy (non-hydrogen) atoms. The summed E-state index contributed by atoms with van der Waals surface area (Å²) in [6, 6.07) is 8.42. The number of nitrogens with zero attached hydrogens (tertiary/aromatic N) is 4. The van der Waals surface area contributed by atoms with E-state index in [4.69, 9.17) is 4.74 Å². The van der Waals surface area contributed by atoms with E-state index < -0.39 is 0 Å². The quantitative estimate of drug-likeness (QED) is 0.750. The standard InChI is InChI=1S/C17H15N5O3/c1-25-15-3-2-10(8-14(15)23)16-18-5-4-11(20-16)12-9-13-17(24)19-6-7-22(13)21-12/h2-5,8-9,23H,6-7H2,1H3,(H,19,24). The van der Waals surface area contributed by atoms with Gasteiger partial charge in [-0.2, -0.15) is 5.10 Å². The molecule has 0 spiro atoms. The third-order valence-electron chi connectivity index (χ3n) is 3.98. The zero-order valence-corrected chi connectivity index (χ0v) is 13.4. The van der Waals surface area contributed by atoms with Gasteiger partial charge in [-0.25, -0.2) is 9.97 Å². The Morgan fingerprint density at radius 1 is 1.24 bits per heavy atom. The Morgan fingerprint density at radius 2 is 2.12 bits per heavy atom. The highest BCUT2D eigenvalue weighted by Gasteiger charge is 2.20. The number of nitrogens with one attached hydrogen (secondary N) is 1. The first-order valence-electron chi connectivity index (χ1n) is 7.72. The lowest BCUT2D eigenvalue weighted by molar-refractivity contribution is 0.0924. The molecule has 0 unspecified atom stereocenters. The first kappa shape index (κ1) is 15.1. The van der Waals surface area contributed by atoms with Gasteiger partial charge < -0.3 is 15.2 Å². The first-order chi connectivity index (χ1) is 12.2. The highest BCUT2D eigenvalue weighted by Crippen LogP contribution is 2.30. The lowest BCUT2D eigenvalue weighted by Gasteiger charge is -2.13. The Bertz CT molecular complexity index is 967. The zero-order chi connectivity index (χ0) is 17.4. The summed E-state index contributed by atoms with van der Waals surface area (Å²) in [6.45, 7) is 1.19. The van der Waals surface area contributed by atoms with E-state index in [1.165, 1.54) is 7.11 Å². The van der Waals surface area contributed by atoms with Gasteiger partial charge in [-0.1, -0.05) is 0 Å². The van der Waals surface area contributed by atoms with Crippen molar-refractivity contribution in [2.75, 3.05) is 13.7 Å². The molecule has 3 aromatic rings. The number of benzene rings is 1. The number of hydrogen-bond acceptors (Lipinski definition) is 6. The molecule has 2 N–H and O–H groups in total. The second-order valence-corrected chi connectivity index (χ2v) is 5.55. The molecular weight excluding hydrogens is 322 g/mol. The summed E-state index contributed by atoms with van der Waals surface area (Å²) in [4.78, 5) is 20.6. The van der Waals surface area contributed by atoms with Crippen LogP contribution in [-0.2, 0) is 6.54 Å². The predicted molar refractivity (Wildman–Crippen MR) is 89.2 cm³/mol. The van der Waals surface area contributed by atoms with Crippen LogP contribution in [0.1, 0.15) is 10.5 Å². The van der Waals surface area contributed by atoms with Gasteiger partial charge in [0.15, 0.2) is 17.3 Å². The van der Waals surface area contributed by atoms with Crippen LogP contribution in [0.15, 0.2) is 36.5 Å².